The monoisotopic (exact) mass is 426 g/mol. The van der Waals surface area contributed by atoms with Crippen LogP contribution in [0.1, 0.15) is 45.1 Å². The van der Waals surface area contributed by atoms with Crippen molar-refractivity contribution in [1.29, 1.82) is 0 Å². The summed E-state index contributed by atoms with van der Waals surface area (Å²) in [5.41, 5.74) is 6.63. The van der Waals surface area contributed by atoms with Gasteiger partial charge in [-0.05, 0) is 44.2 Å². The summed E-state index contributed by atoms with van der Waals surface area (Å²) in [6, 6.07) is 4.41. The topological polar surface area (TPSA) is 71.2 Å². The van der Waals surface area contributed by atoms with E-state index in [0.29, 0.717) is 6.54 Å². The first-order chi connectivity index (χ1) is 11.0. The maximum absolute atomic E-state index is 12.6. The van der Waals surface area contributed by atoms with Gasteiger partial charge in [-0.25, -0.2) is 4.98 Å². The van der Waals surface area contributed by atoms with E-state index in [1.165, 1.54) is 5.56 Å². The van der Waals surface area contributed by atoms with Crippen molar-refractivity contribution in [2.75, 3.05) is 24.5 Å². The van der Waals surface area contributed by atoms with Gasteiger partial charge in [-0.2, -0.15) is 0 Å². The van der Waals surface area contributed by atoms with E-state index >= 15 is 0 Å². The zero-order valence-corrected chi connectivity index (χ0v) is 18.3. The van der Waals surface area contributed by atoms with Crippen LogP contribution in [0.15, 0.2) is 18.3 Å². The molecule has 0 radical (unpaired) electrons. The molecule has 0 aromatic carbocycles. The lowest BCUT2D eigenvalue weighted by atomic mass is 9.81. The van der Waals surface area contributed by atoms with Crippen LogP contribution in [-0.2, 0) is 4.79 Å². The largest absolute Gasteiger partial charge is 0.356 e. The van der Waals surface area contributed by atoms with Crippen LogP contribution in [0.3, 0.4) is 0 Å². The second-order valence-electron chi connectivity index (χ2n) is 6.62. The number of carbonyl (C=O) groups excluding carboxylic acids is 1. The highest BCUT2D eigenvalue weighted by atomic mass is 35.5. The number of rotatable bonds is 6. The van der Waals surface area contributed by atoms with Crippen molar-refractivity contribution in [2.45, 2.75) is 52.5 Å². The van der Waals surface area contributed by atoms with Crippen molar-refractivity contribution in [1.82, 2.24) is 10.3 Å². The maximum atomic E-state index is 12.6. The Balaban J connectivity index is 0. The summed E-state index contributed by atoms with van der Waals surface area (Å²) in [5, 5.41) is 3.23. The summed E-state index contributed by atoms with van der Waals surface area (Å²) in [5.74, 6) is 1.15. The Morgan fingerprint density at radius 1 is 1.23 bits per heavy atom. The molecule has 1 saturated heterocycles. The minimum atomic E-state index is -0.407. The first-order valence-corrected chi connectivity index (χ1v) is 8.73. The summed E-state index contributed by atoms with van der Waals surface area (Å²) in [6.07, 6.45) is 5.39. The number of carbonyl (C=O) groups is 1. The maximum Gasteiger partial charge on any atom is 0.227 e. The van der Waals surface area contributed by atoms with Crippen LogP contribution in [0.4, 0.5) is 5.82 Å². The fraction of sp³-hybridized carbons (Fsp3) is 0.667. The van der Waals surface area contributed by atoms with Gasteiger partial charge in [-0.1, -0.05) is 19.9 Å². The van der Waals surface area contributed by atoms with Crippen molar-refractivity contribution < 1.29 is 4.79 Å². The molecule has 0 aliphatic carbocycles. The minimum absolute atomic E-state index is 0. The highest BCUT2D eigenvalue weighted by molar-refractivity contribution is 5.86. The third kappa shape index (κ3) is 6.45. The quantitative estimate of drug-likeness (QED) is 0.729. The van der Waals surface area contributed by atoms with E-state index in [-0.39, 0.29) is 49.2 Å². The molecule has 8 heteroatoms. The molecule has 1 aromatic heterocycles. The lowest BCUT2D eigenvalue weighted by molar-refractivity contribution is -0.131. The van der Waals surface area contributed by atoms with Crippen LogP contribution in [0.2, 0.25) is 0 Å². The van der Waals surface area contributed by atoms with Crippen LogP contribution in [0.25, 0.3) is 0 Å². The van der Waals surface area contributed by atoms with Crippen LogP contribution in [-0.4, -0.2) is 36.6 Å². The molecule has 0 atom stereocenters. The van der Waals surface area contributed by atoms with Gasteiger partial charge in [0, 0.05) is 31.9 Å². The molecule has 26 heavy (non-hydrogen) atoms. The number of nitrogens with zero attached hydrogens (tertiary/aromatic N) is 2. The summed E-state index contributed by atoms with van der Waals surface area (Å²) >= 11 is 0. The van der Waals surface area contributed by atoms with Crippen LogP contribution >= 0.6 is 37.2 Å². The third-order valence-electron chi connectivity index (χ3n) is 5.28. The first-order valence-electron chi connectivity index (χ1n) is 8.73. The number of anilines is 1. The molecule has 3 N–H and O–H groups in total. The number of aromatic nitrogens is 1. The van der Waals surface area contributed by atoms with E-state index in [1.54, 1.807) is 0 Å². The Morgan fingerprint density at radius 2 is 1.81 bits per heavy atom. The van der Waals surface area contributed by atoms with Crippen LogP contribution in [0.5, 0.6) is 0 Å². The predicted molar refractivity (Wildman–Crippen MR) is 116 cm³/mol. The summed E-state index contributed by atoms with van der Waals surface area (Å²) in [4.78, 5) is 19.4. The van der Waals surface area contributed by atoms with Crippen molar-refractivity contribution in [3.63, 3.8) is 0 Å². The average Bonchev–Trinajstić information content (AvgIpc) is 2.58. The molecule has 1 amide bonds. The Bertz CT molecular complexity index is 507. The average molecular weight is 428 g/mol. The fourth-order valence-corrected chi connectivity index (χ4v) is 3.19. The number of amides is 1. The zero-order chi connectivity index (χ0) is 16.9. The van der Waals surface area contributed by atoms with Gasteiger partial charge in [0.2, 0.25) is 5.91 Å². The van der Waals surface area contributed by atoms with Crippen LogP contribution in [0, 0.1) is 12.3 Å². The molecule has 1 aliphatic heterocycles. The second-order valence-corrected chi connectivity index (χ2v) is 6.62. The number of nitrogens with one attached hydrogen (secondary N) is 1. The van der Waals surface area contributed by atoms with E-state index in [9.17, 15) is 4.79 Å². The fourth-order valence-electron chi connectivity index (χ4n) is 3.19. The molecule has 1 aliphatic rings. The number of hydrogen-bond donors (Lipinski definition) is 2. The summed E-state index contributed by atoms with van der Waals surface area (Å²) in [6.45, 7) is 8.40. The molecule has 152 valence electrons. The molecule has 5 nitrogen and oxygen atoms in total. The number of nitrogens with two attached hydrogens (primary N) is 1. The van der Waals surface area contributed by atoms with Crippen molar-refractivity contribution >= 4 is 48.9 Å². The number of halogens is 3. The summed E-state index contributed by atoms with van der Waals surface area (Å²) < 4.78 is 0. The number of hydrogen-bond acceptors (Lipinski definition) is 4. The highest BCUT2D eigenvalue weighted by Crippen LogP contribution is 2.26. The van der Waals surface area contributed by atoms with Crippen molar-refractivity contribution in [2.24, 2.45) is 11.1 Å². The van der Waals surface area contributed by atoms with E-state index in [4.69, 9.17) is 5.73 Å². The Morgan fingerprint density at radius 3 is 2.23 bits per heavy atom. The molecule has 0 bridgehead atoms. The number of piperidine rings is 1. The zero-order valence-electron chi connectivity index (χ0n) is 15.9. The second kappa shape index (κ2) is 12.6. The SMILES string of the molecule is CCC(CC)(CN)C(=O)NC1CCN(c2ccc(C)cn2)CC1.Cl.Cl.Cl. The van der Waals surface area contributed by atoms with Gasteiger partial charge in [0.1, 0.15) is 5.82 Å². The van der Waals surface area contributed by atoms with Gasteiger partial charge in [0.15, 0.2) is 0 Å². The Kier molecular flexibility index (Phi) is 13.3. The van der Waals surface area contributed by atoms with Gasteiger partial charge in [-0.15, -0.1) is 37.2 Å². The normalized spacial score (nSPS) is 14.5. The van der Waals surface area contributed by atoms with Gasteiger partial charge in [0.25, 0.3) is 0 Å². The lowest BCUT2D eigenvalue weighted by Gasteiger charge is -2.36. The highest BCUT2D eigenvalue weighted by Gasteiger charge is 2.35. The standard InChI is InChI=1S/C18H30N4O.3ClH/c1-4-18(5-2,13-19)17(23)21-15-8-10-22(11-9-15)16-7-6-14(3)12-20-16;;;/h6-7,12,15H,4-5,8-11,13,19H2,1-3H3,(H,21,23);3*1H. The minimum Gasteiger partial charge on any atom is -0.356 e. The first kappa shape index (κ1) is 27.5. The molecule has 1 aromatic rings. The molecule has 0 spiro atoms. The van der Waals surface area contributed by atoms with Gasteiger partial charge in [-0.3, -0.25) is 4.79 Å². The molecular formula is C18H33Cl3N4O. The van der Waals surface area contributed by atoms with E-state index in [1.807, 2.05) is 27.0 Å². The van der Waals surface area contributed by atoms with Crippen molar-refractivity contribution in [3.8, 4) is 0 Å². The number of pyridine rings is 1. The van der Waals surface area contributed by atoms with E-state index in [0.717, 1.165) is 44.6 Å². The smallest absolute Gasteiger partial charge is 0.227 e. The lowest BCUT2D eigenvalue weighted by Crippen LogP contribution is -2.51. The van der Waals surface area contributed by atoms with Gasteiger partial charge >= 0.3 is 0 Å². The predicted octanol–water partition coefficient (Wildman–Crippen LogP) is 3.51. The molecule has 1 fully saturated rings. The van der Waals surface area contributed by atoms with E-state index in [2.05, 4.69) is 27.3 Å². The van der Waals surface area contributed by atoms with Crippen LogP contribution < -0.4 is 16.0 Å². The molecule has 0 saturated carbocycles. The van der Waals surface area contributed by atoms with E-state index < -0.39 is 5.41 Å². The molecule has 0 unspecified atom stereocenters. The van der Waals surface area contributed by atoms with Crippen molar-refractivity contribution in [3.05, 3.63) is 23.9 Å². The third-order valence-corrected chi connectivity index (χ3v) is 5.28. The van der Waals surface area contributed by atoms with Gasteiger partial charge < -0.3 is 16.0 Å². The molecular weight excluding hydrogens is 395 g/mol. The van der Waals surface area contributed by atoms with Gasteiger partial charge in [0.05, 0.1) is 5.41 Å². The molecule has 2 heterocycles. The Hall–Kier alpha value is -0.750. The molecule has 2 rings (SSSR count). The summed E-state index contributed by atoms with van der Waals surface area (Å²) in [7, 11) is 0. The Labute approximate surface area is 176 Å². The number of aryl methyl sites for hydroxylation is 1.